The lowest BCUT2D eigenvalue weighted by Gasteiger charge is -2.10. The van der Waals surface area contributed by atoms with E-state index in [-0.39, 0.29) is 0 Å². The number of anilines is 1. The van der Waals surface area contributed by atoms with Gasteiger partial charge in [-0.05, 0) is 13.0 Å². The number of nitrogens with one attached hydrogen (secondary N) is 1. The topological polar surface area (TPSA) is 50.3 Å². The highest BCUT2D eigenvalue weighted by atomic mass is 32.2. The SMILES string of the molecule is COCCCNCC(C)Sc1nnc(N(C)C)s1. The Bertz CT molecular complexity index is 333. The van der Waals surface area contributed by atoms with Crippen LogP contribution in [-0.2, 0) is 4.74 Å². The zero-order valence-corrected chi connectivity index (χ0v) is 13.1. The first-order chi connectivity index (χ1) is 8.63. The number of aromatic nitrogens is 2. The Morgan fingerprint density at radius 1 is 1.44 bits per heavy atom. The lowest BCUT2D eigenvalue weighted by molar-refractivity contribution is 0.194. The van der Waals surface area contributed by atoms with Crippen LogP contribution in [0, 0.1) is 0 Å². The van der Waals surface area contributed by atoms with Crippen LogP contribution >= 0.6 is 23.1 Å². The van der Waals surface area contributed by atoms with Gasteiger partial charge in [0, 0.05) is 39.6 Å². The fourth-order valence-electron chi connectivity index (χ4n) is 1.29. The molecule has 1 N–H and O–H groups in total. The molecule has 0 spiro atoms. The monoisotopic (exact) mass is 290 g/mol. The van der Waals surface area contributed by atoms with Crippen molar-refractivity contribution in [2.75, 3.05) is 45.8 Å². The first-order valence-corrected chi connectivity index (χ1v) is 7.70. The van der Waals surface area contributed by atoms with E-state index >= 15 is 0 Å². The van der Waals surface area contributed by atoms with Gasteiger partial charge in [-0.2, -0.15) is 0 Å². The van der Waals surface area contributed by atoms with E-state index in [1.54, 1.807) is 30.2 Å². The molecular weight excluding hydrogens is 268 g/mol. The Labute approximate surface area is 117 Å². The number of hydrogen-bond acceptors (Lipinski definition) is 7. The normalized spacial score (nSPS) is 12.7. The molecule has 0 amide bonds. The van der Waals surface area contributed by atoms with Gasteiger partial charge in [-0.15, -0.1) is 10.2 Å². The highest BCUT2D eigenvalue weighted by molar-refractivity contribution is 8.01. The predicted octanol–water partition coefficient (Wildman–Crippen LogP) is 1.71. The number of nitrogens with zero attached hydrogens (tertiary/aromatic N) is 3. The van der Waals surface area contributed by atoms with Gasteiger partial charge in [-0.3, -0.25) is 0 Å². The van der Waals surface area contributed by atoms with Crippen molar-refractivity contribution in [1.82, 2.24) is 15.5 Å². The zero-order chi connectivity index (χ0) is 13.4. The van der Waals surface area contributed by atoms with Gasteiger partial charge >= 0.3 is 0 Å². The summed E-state index contributed by atoms with van der Waals surface area (Å²) in [5.41, 5.74) is 0. The highest BCUT2D eigenvalue weighted by Crippen LogP contribution is 2.29. The van der Waals surface area contributed by atoms with Gasteiger partial charge in [0.25, 0.3) is 0 Å². The molecule has 0 aliphatic heterocycles. The van der Waals surface area contributed by atoms with Crippen LogP contribution in [0.4, 0.5) is 5.13 Å². The van der Waals surface area contributed by atoms with Gasteiger partial charge in [0.15, 0.2) is 4.34 Å². The summed E-state index contributed by atoms with van der Waals surface area (Å²) in [5.74, 6) is 0. The Kier molecular flexibility index (Phi) is 7.57. The molecule has 0 radical (unpaired) electrons. The summed E-state index contributed by atoms with van der Waals surface area (Å²) in [4.78, 5) is 1.98. The van der Waals surface area contributed by atoms with Gasteiger partial charge in [-0.1, -0.05) is 30.0 Å². The molecule has 0 saturated carbocycles. The quantitative estimate of drug-likeness (QED) is 0.552. The number of hydrogen-bond donors (Lipinski definition) is 1. The molecule has 5 nitrogen and oxygen atoms in total. The molecule has 1 heterocycles. The minimum Gasteiger partial charge on any atom is -0.385 e. The van der Waals surface area contributed by atoms with Crippen molar-refractivity contribution in [2.24, 2.45) is 0 Å². The first kappa shape index (κ1) is 15.7. The van der Waals surface area contributed by atoms with Crippen LogP contribution in [0.1, 0.15) is 13.3 Å². The molecule has 1 rings (SSSR count). The van der Waals surface area contributed by atoms with Crippen LogP contribution in [0.3, 0.4) is 0 Å². The fraction of sp³-hybridized carbons (Fsp3) is 0.818. The largest absolute Gasteiger partial charge is 0.385 e. The van der Waals surface area contributed by atoms with E-state index in [9.17, 15) is 0 Å². The van der Waals surface area contributed by atoms with Crippen molar-refractivity contribution in [3.8, 4) is 0 Å². The van der Waals surface area contributed by atoms with Crippen molar-refractivity contribution in [3.63, 3.8) is 0 Å². The summed E-state index contributed by atoms with van der Waals surface area (Å²) in [6.45, 7) is 4.99. The Morgan fingerprint density at radius 3 is 2.83 bits per heavy atom. The molecular formula is C11H22N4OS2. The Morgan fingerprint density at radius 2 is 2.22 bits per heavy atom. The molecule has 7 heteroatoms. The maximum Gasteiger partial charge on any atom is 0.208 e. The first-order valence-electron chi connectivity index (χ1n) is 6.00. The van der Waals surface area contributed by atoms with Crippen LogP contribution in [0.15, 0.2) is 4.34 Å². The summed E-state index contributed by atoms with van der Waals surface area (Å²) in [5, 5.41) is 13.2. The van der Waals surface area contributed by atoms with Crippen LogP contribution in [-0.4, -0.2) is 56.3 Å². The molecule has 0 bridgehead atoms. The zero-order valence-electron chi connectivity index (χ0n) is 11.5. The molecule has 0 aliphatic carbocycles. The van der Waals surface area contributed by atoms with Crippen LogP contribution in [0.2, 0.25) is 0 Å². The summed E-state index contributed by atoms with van der Waals surface area (Å²) >= 11 is 3.41. The van der Waals surface area contributed by atoms with E-state index in [0.29, 0.717) is 5.25 Å². The molecule has 104 valence electrons. The minimum atomic E-state index is 0.496. The second kappa shape index (κ2) is 8.68. The van der Waals surface area contributed by atoms with Gasteiger partial charge in [0.05, 0.1) is 0 Å². The smallest absolute Gasteiger partial charge is 0.208 e. The fourth-order valence-corrected chi connectivity index (χ4v) is 3.34. The molecule has 0 fully saturated rings. The third-order valence-electron chi connectivity index (χ3n) is 2.21. The third kappa shape index (κ3) is 5.99. The molecule has 0 aromatic carbocycles. The standard InChI is InChI=1S/C11H22N4OS2/c1-9(8-12-6-5-7-16-4)17-11-14-13-10(18-11)15(2)3/h9,12H,5-8H2,1-4H3. The highest BCUT2D eigenvalue weighted by Gasteiger charge is 2.10. The number of methoxy groups -OCH3 is 1. The summed E-state index contributed by atoms with van der Waals surface area (Å²) in [7, 11) is 5.70. The van der Waals surface area contributed by atoms with Gasteiger partial charge in [-0.25, -0.2) is 0 Å². The summed E-state index contributed by atoms with van der Waals surface area (Å²) in [6.07, 6.45) is 1.05. The van der Waals surface area contributed by atoms with Crippen LogP contribution in [0.5, 0.6) is 0 Å². The third-order valence-corrected chi connectivity index (χ3v) is 4.49. The molecule has 1 aromatic rings. The van der Waals surface area contributed by atoms with Crippen molar-refractivity contribution in [1.29, 1.82) is 0 Å². The Balaban J connectivity index is 2.20. The van der Waals surface area contributed by atoms with E-state index in [2.05, 4.69) is 22.4 Å². The van der Waals surface area contributed by atoms with Crippen molar-refractivity contribution in [3.05, 3.63) is 0 Å². The minimum absolute atomic E-state index is 0.496. The molecule has 1 atom stereocenters. The van der Waals surface area contributed by atoms with E-state index < -0.39 is 0 Å². The molecule has 1 aromatic heterocycles. The van der Waals surface area contributed by atoms with Gasteiger partial charge in [0.1, 0.15) is 0 Å². The summed E-state index contributed by atoms with van der Waals surface area (Å²) < 4.78 is 6.04. The van der Waals surface area contributed by atoms with E-state index in [4.69, 9.17) is 4.74 Å². The molecule has 18 heavy (non-hydrogen) atoms. The maximum absolute atomic E-state index is 5.00. The van der Waals surface area contributed by atoms with Crippen LogP contribution in [0.25, 0.3) is 0 Å². The summed E-state index contributed by atoms with van der Waals surface area (Å²) in [6, 6.07) is 0. The number of ether oxygens (including phenoxy) is 1. The van der Waals surface area contributed by atoms with E-state index in [1.807, 2.05) is 19.0 Å². The average Bonchev–Trinajstić information content (AvgIpc) is 2.77. The lowest BCUT2D eigenvalue weighted by atomic mass is 10.4. The maximum atomic E-state index is 5.00. The van der Waals surface area contributed by atoms with E-state index in [1.165, 1.54) is 0 Å². The molecule has 0 saturated heterocycles. The van der Waals surface area contributed by atoms with Gasteiger partial charge < -0.3 is 15.0 Å². The molecule has 1 unspecified atom stereocenters. The van der Waals surface area contributed by atoms with Crippen molar-refractivity contribution < 1.29 is 4.74 Å². The second-order valence-electron chi connectivity index (χ2n) is 4.22. The van der Waals surface area contributed by atoms with Crippen molar-refractivity contribution in [2.45, 2.75) is 22.9 Å². The Hall–Kier alpha value is -0.370. The second-order valence-corrected chi connectivity index (χ2v) is 6.87. The molecule has 0 aliphatic rings. The number of rotatable bonds is 9. The van der Waals surface area contributed by atoms with Crippen molar-refractivity contribution >= 4 is 28.2 Å². The average molecular weight is 290 g/mol. The lowest BCUT2D eigenvalue weighted by Crippen LogP contribution is -2.24. The van der Waals surface area contributed by atoms with Crippen LogP contribution < -0.4 is 10.2 Å². The number of thioether (sulfide) groups is 1. The van der Waals surface area contributed by atoms with E-state index in [0.717, 1.165) is 35.6 Å². The predicted molar refractivity (Wildman–Crippen MR) is 78.9 cm³/mol. The van der Waals surface area contributed by atoms with Gasteiger partial charge in [0.2, 0.25) is 5.13 Å².